The fraction of sp³-hybridized carbons (Fsp3) is 0.259. The minimum Gasteiger partial charge on any atom is -0.477 e. The van der Waals surface area contributed by atoms with Crippen LogP contribution in [0, 0.1) is 0 Å². The maximum absolute atomic E-state index is 13.4. The molecule has 0 unspecified atom stereocenters. The first-order chi connectivity index (χ1) is 17.3. The van der Waals surface area contributed by atoms with E-state index in [1.54, 1.807) is 24.3 Å². The molecule has 1 aliphatic heterocycles. The molecule has 9 heteroatoms. The molecule has 2 amide bonds. The second-order valence-electron chi connectivity index (χ2n) is 8.61. The lowest BCUT2D eigenvalue weighted by molar-refractivity contribution is -0.128. The largest absolute Gasteiger partial charge is 0.477 e. The summed E-state index contributed by atoms with van der Waals surface area (Å²) in [5, 5.41) is 2.85. The van der Waals surface area contributed by atoms with Crippen molar-refractivity contribution in [2.24, 2.45) is 0 Å². The molecule has 3 aromatic carbocycles. The van der Waals surface area contributed by atoms with Crippen molar-refractivity contribution < 1.29 is 22.7 Å². The van der Waals surface area contributed by atoms with E-state index in [1.807, 2.05) is 60.7 Å². The molecule has 0 radical (unpaired) electrons. The molecule has 3 aromatic rings. The molecule has 8 nitrogen and oxygen atoms in total. The van der Waals surface area contributed by atoms with Crippen LogP contribution in [0.1, 0.15) is 11.1 Å². The summed E-state index contributed by atoms with van der Waals surface area (Å²) in [4.78, 5) is 27.8. The van der Waals surface area contributed by atoms with Crippen molar-refractivity contribution in [3.63, 3.8) is 0 Å². The number of ether oxygens (including phenoxy) is 1. The van der Waals surface area contributed by atoms with Crippen molar-refractivity contribution >= 4 is 27.5 Å². The van der Waals surface area contributed by atoms with Crippen LogP contribution in [0.15, 0.2) is 84.9 Å². The van der Waals surface area contributed by atoms with Gasteiger partial charge in [0.1, 0.15) is 5.75 Å². The topological polar surface area (TPSA) is 96.0 Å². The first kappa shape index (κ1) is 25.4. The average molecular weight is 508 g/mol. The van der Waals surface area contributed by atoms with Crippen LogP contribution in [0.2, 0.25) is 0 Å². The number of carbonyl (C=O) groups is 2. The van der Waals surface area contributed by atoms with Crippen LogP contribution in [0.25, 0.3) is 0 Å². The van der Waals surface area contributed by atoms with E-state index in [4.69, 9.17) is 4.74 Å². The number of nitrogens with zero attached hydrogens (tertiary/aromatic N) is 2. The Morgan fingerprint density at radius 3 is 2.22 bits per heavy atom. The minimum atomic E-state index is -3.64. The van der Waals surface area contributed by atoms with Crippen molar-refractivity contribution in [1.82, 2.24) is 9.62 Å². The SMILES string of the molecule is CS(=O)(=O)N(CCc1ccccc1)CC(=O)N1C[C@H](C(=O)NCc2ccccc2)Oc2ccccc21. The highest BCUT2D eigenvalue weighted by molar-refractivity contribution is 7.88. The van der Waals surface area contributed by atoms with Crippen LogP contribution in [0.3, 0.4) is 0 Å². The highest BCUT2D eigenvalue weighted by Gasteiger charge is 2.35. The third kappa shape index (κ3) is 6.50. The van der Waals surface area contributed by atoms with Crippen LogP contribution >= 0.6 is 0 Å². The van der Waals surface area contributed by atoms with E-state index in [9.17, 15) is 18.0 Å². The molecule has 0 aliphatic carbocycles. The summed E-state index contributed by atoms with van der Waals surface area (Å²) in [6.45, 7) is 0.142. The number of hydrogen-bond acceptors (Lipinski definition) is 5. The van der Waals surface area contributed by atoms with E-state index in [0.29, 0.717) is 24.4 Å². The summed E-state index contributed by atoms with van der Waals surface area (Å²) in [7, 11) is -3.64. The maximum Gasteiger partial charge on any atom is 0.263 e. The molecular formula is C27H29N3O5S. The Morgan fingerprint density at radius 2 is 1.56 bits per heavy atom. The van der Waals surface area contributed by atoms with E-state index >= 15 is 0 Å². The molecule has 1 aliphatic rings. The van der Waals surface area contributed by atoms with Crippen LogP contribution in [0.4, 0.5) is 5.69 Å². The standard InChI is InChI=1S/C27H29N3O5S/c1-36(33,34)29(17-16-21-10-4-2-5-11-21)20-26(31)30-19-25(35-24-15-9-8-14-23(24)30)27(32)28-18-22-12-6-3-7-13-22/h2-15,25H,16-20H2,1H3,(H,28,32)/t25-/m1/s1. The number of fused-ring (bicyclic) bond motifs is 1. The number of rotatable bonds is 9. The first-order valence-corrected chi connectivity index (χ1v) is 13.5. The Hall–Kier alpha value is -3.69. The number of nitrogens with one attached hydrogen (secondary N) is 1. The van der Waals surface area contributed by atoms with Crippen LogP contribution < -0.4 is 15.0 Å². The highest BCUT2D eigenvalue weighted by Crippen LogP contribution is 2.33. The number of amides is 2. The van der Waals surface area contributed by atoms with Gasteiger partial charge >= 0.3 is 0 Å². The molecule has 0 saturated heterocycles. The second kappa shape index (κ2) is 11.4. The zero-order valence-corrected chi connectivity index (χ0v) is 20.9. The summed E-state index contributed by atoms with van der Waals surface area (Å²) < 4.78 is 32.0. The van der Waals surface area contributed by atoms with E-state index in [1.165, 1.54) is 9.21 Å². The lowest BCUT2D eigenvalue weighted by atomic mass is 10.1. The van der Waals surface area contributed by atoms with Crippen molar-refractivity contribution in [3.05, 3.63) is 96.1 Å². The normalized spacial score (nSPS) is 15.2. The molecule has 0 bridgehead atoms. The average Bonchev–Trinajstić information content (AvgIpc) is 2.89. The van der Waals surface area contributed by atoms with Gasteiger partial charge in [0.15, 0.2) is 6.10 Å². The number of carbonyl (C=O) groups excluding carboxylic acids is 2. The summed E-state index contributed by atoms with van der Waals surface area (Å²) in [6.07, 6.45) is 0.646. The van der Waals surface area contributed by atoms with E-state index in [-0.39, 0.29) is 25.5 Å². The molecular weight excluding hydrogens is 478 g/mol. The lowest BCUT2D eigenvalue weighted by Crippen LogP contribution is -2.53. The van der Waals surface area contributed by atoms with Gasteiger partial charge in [-0.15, -0.1) is 0 Å². The van der Waals surface area contributed by atoms with Gasteiger partial charge < -0.3 is 15.0 Å². The number of benzene rings is 3. The van der Waals surface area contributed by atoms with E-state index in [2.05, 4.69) is 5.32 Å². The molecule has 0 fully saturated rings. The summed E-state index contributed by atoms with van der Waals surface area (Å²) in [5.41, 5.74) is 2.42. The van der Waals surface area contributed by atoms with Gasteiger partial charge in [-0.3, -0.25) is 9.59 Å². The van der Waals surface area contributed by atoms with E-state index in [0.717, 1.165) is 17.4 Å². The first-order valence-electron chi connectivity index (χ1n) is 11.7. The van der Waals surface area contributed by atoms with Crippen molar-refractivity contribution in [2.45, 2.75) is 19.1 Å². The summed E-state index contributed by atoms with van der Waals surface area (Å²) in [5.74, 6) is -0.382. The van der Waals surface area contributed by atoms with Crippen LogP contribution in [0.5, 0.6) is 5.75 Å². The number of anilines is 1. The number of hydrogen-bond donors (Lipinski definition) is 1. The van der Waals surface area contributed by atoms with Gasteiger partial charge in [-0.2, -0.15) is 4.31 Å². The third-order valence-corrected chi connectivity index (χ3v) is 7.20. The zero-order chi connectivity index (χ0) is 25.5. The zero-order valence-electron chi connectivity index (χ0n) is 20.0. The van der Waals surface area contributed by atoms with Gasteiger partial charge in [0.2, 0.25) is 15.9 Å². The molecule has 0 saturated carbocycles. The minimum absolute atomic E-state index is 0.0211. The fourth-order valence-electron chi connectivity index (χ4n) is 4.00. The highest BCUT2D eigenvalue weighted by atomic mass is 32.2. The summed E-state index contributed by atoms with van der Waals surface area (Å²) in [6, 6.07) is 25.9. The fourth-order valence-corrected chi connectivity index (χ4v) is 4.77. The predicted molar refractivity (Wildman–Crippen MR) is 138 cm³/mol. The predicted octanol–water partition coefficient (Wildman–Crippen LogP) is 2.60. The molecule has 1 heterocycles. The Bertz CT molecular complexity index is 1300. The maximum atomic E-state index is 13.4. The van der Waals surface area contributed by atoms with Gasteiger partial charge in [-0.25, -0.2) is 8.42 Å². The molecule has 0 spiro atoms. The summed E-state index contributed by atoms with van der Waals surface area (Å²) >= 11 is 0. The molecule has 36 heavy (non-hydrogen) atoms. The van der Waals surface area contributed by atoms with Gasteiger partial charge in [0, 0.05) is 13.1 Å². The van der Waals surface area contributed by atoms with Crippen molar-refractivity contribution in [3.8, 4) is 5.75 Å². The van der Waals surface area contributed by atoms with Crippen LogP contribution in [-0.2, 0) is 32.6 Å². The molecule has 1 atom stereocenters. The Kier molecular flexibility index (Phi) is 8.02. The van der Waals surface area contributed by atoms with Gasteiger partial charge in [0.05, 0.1) is 25.0 Å². The van der Waals surface area contributed by atoms with Crippen molar-refractivity contribution in [2.75, 3.05) is 30.8 Å². The van der Waals surface area contributed by atoms with Crippen molar-refractivity contribution in [1.29, 1.82) is 0 Å². The molecule has 4 rings (SSSR count). The molecule has 1 N–H and O–H groups in total. The molecule has 0 aromatic heterocycles. The van der Waals surface area contributed by atoms with Gasteiger partial charge in [0.25, 0.3) is 5.91 Å². The lowest BCUT2D eigenvalue weighted by Gasteiger charge is -2.35. The number of sulfonamides is 1. The van der Waals surface area contributed by atoms with Crippen LogP contribution in [-0.4, -0.2) is 56.5 Å². The third-order valence-electron chi connectivity index (χ3n) is 5.95. The smallest absolute Gasteiger partial charge is 0.263 e. The Morgan fingerprint density at radius 1 is 0.944 bits per heavy atom. The monoisotopic (exact) mass is 507 g/mol. The second-order valence-corrected chi connectivity index (χ2v) is 10.6. The van der Waals surface area contributed by atoms with E-state index < -0.39 is 22.0 Å². The van der Waals surface area contributed by atoms with Gasteiger partial charge in [-0.1, -0.05) is 72.8 Å². The molecule has 188 valence electrons. The number of para-hydroxylation sites is 2. The quantitative estimate of drug-likeness (QED) is 0.480. The Balaban J connectivity index is 1.48. The Labute approximate surface area is 211 Å². The van der Waals surface area contributed by atoms with Gasteiger partial charge in [-0.05, 0) is 29.7 Å².